The van der Waals surface area contributed by atoms with E-state index < -0.39 is 15.9 Å². The van der Waals surface area contributed by atoms with E-state index in [0.717, 1.165) is 27.3 Å². The molecule has 1 amide bonds. The normalized spacial score (nSPS) is 11.6. The van der Waals surface area contributed by atoms with Crippen LogP contribution in [0.4, 0.5) is 5.69 Å². The molecule has 7 nitrogen and oxygen atoms in total. The zero-order valence-corrected chi connectivity index (χ0v) is 21.4. The molecule has 0 saturated carbocycles. The van der Waals surface area contributed by atoms with Crippen molar-refractivity contribution in [1.82, 2.24) is 5.43 Å². The van der Waals surface area contributed by atoms with Gasteiger partial charge in [0.25, 0.3) is 5.91 Å². The van der Waals surface area contributed by atoms with E-state index in [1.807, 2.05) is 30.3 Å². The molecule has 1 N–H and O–H groups in total. The van der Waals surface area contributed by atoms with Crippen LogP contribution >= 0.6 is 11.6 Å². The third-order valence-corrected chi connectivity index (χ3v) is 6.49. The van der Waals surface area contributed by atoms with Crippen LogP contribution in [0.25, 0.3) is 0 Å². The summed E-state index contributed by atoms with van der Waals surface area (Å²) in [6.45, 7) is 4.11. The van der Waals surface area contributed by atoms with Gasteiger partial charge in [-0.15, -0.1) is 0 Å². The van der Waals surface area contributed by atoms with Gasteiger partial charge in [-0.2, -0.15) is 5.10 Å². The standard InChI is InChI=1S/C26H28ClN3O4S/c1-19(2)22-9-11-24(12-10-22)30(35(3,32)33)17-26(31)29-28-16-20-7-13-25(14-8-20)34-18-21-5-4-6-23(27)15-21/h4-16,19H,17-18H2,1-3H3,(H,29,31)/b28-16-. The summed E-state index contributed by atoms with van der Waals surface area (Å²) in [5, 5.41) is 4.59. The lowest BCUT2D eigenvalue weighted by Gasteiger charge is -2.21. The molecule has 0 saturated heterocycles. The van der Waals surface area contributed by atoms with E-state index in [9.17, 15) is 13.2 Å². The van der Waals surface area contributed by atoms with Crippen molar-refractivity contribution in [3.8, 4) is 5.75 Å². The number of sulfonamides is 1. The van der Waals surface area contributed by atoms with Gasteiger partial charge in [0.2, 0.25) is 10.0 Å². The molecular formula is C26H28ClN3O4S. The van der Waals surface area contributed by atoms with Crippen molar-refractivity contribution >= 4 is 39.4 Å². The van der Waals surface area contributed by atoms with Crippen molar-refractivity contribution in [3.63, 3.8) is 0 Å². The maximum Gasteiger partial charge on any atom is 0.260 e. The van der Waals surface area contributed by atoms with E-state index in [0.29, 0.717) is 29.0 Å². The molecule has 9 heteroatoms. The Balaban J connectivity index is 1.55. The molecule has 0 bridgehead atoms. The molecule has 3 rings (SSSR count). The Morgan fingerprint density at radius 1 is 1.09 bits per heavy atom. The Hall–Kier alpha value is -3.36. The first-order valence-electron chi connectivity index (χ1n) is 11.0. The summed E-state index contributed by atoms with van der Waals surface area (Å²) < 4.78 is 31.3. The molecule has 0 aliphatic carbocycles. The third-order valence-electron chi connectivity index (χ3n) is 5.11. The van der Waals surface area contributed by atoms with Gasteiger partial charge in [0.05, 0.1) is 18.2 Å². The topological polar surface area (TPSA) is 88.1 Å². The highest BCUT2D eigenvalue weighted by Crippen LogP contribution is 2.22. The molecule has 0 unspecified atom stereocenters. The summed E-state index contributed by atoms with van der Waals surface area (Å²) in [4.78, 5) is 12.4. The van der Waals surface area contributed by atoms with E-state index in [1.165, 1.54) is 6.21 Å². The molecule has 35 heavy (non-hydrogen) atoms. The smallest absolute Gasteiger partial charge is 0.260 e. The van der Waals surface area contributed by atoms with Gasteiger partial charge in [0.15, 0.2) is 0 Å². The average molecular weight is 514 g/mol. The van der Waals surface area contributed by atoms with Crippen molar-refractivity contribution < 1.29 is 17.9 Å². The van der Waals surface area contributed by atoms with Gasteiger partial charge in [0.1, 0.15) is 18.9 Å². The lowest BCUT2D eigenvalue weighted by atomic mass is 10.0. The lowest BCUT2D eigenvalue weighted by Crippen LogP contribution is -2.39. The first-order chi connectivity index (χ1) is 16.6. The molecule has 0 heterocycles. The van der Waals surface area contributed by atoms with Gasteiger partial charge >= 0.3 is 0 Å². The van der Waals surface area contributed by atoms with Crippen molar-refractivity contribution in [2.45, 2.75) is 26.4 Å². The number of hydrogen-bond donors (Lipinski definition) is 1. The molecule has 3 aromatic rings. The average Bonchev–Trinajstić information content (AvgIpc) is 2.81. The number of carbonyl (C=O) groups is 1. The number of amides is 1. The lowest BCUT2D eigenvalue weighted by molar-refractivity contribution is -0.119. The van der Waals surface area contributed by atoms with Crippen LogP contribution in [0.15, 0.2) is 77.9 Å². The van der Waals surface area contributed by atoms with Crippen molar-refractivity contribution in [2.24, 2.45) is 5.10 Å². The van der Waals surface area contributed by atoms with Gasteiger partial charge in [-0.05, 0) is 71.1 Å². The molecule has 0 fully saturated rings. The Kier molecular flexibility index (Phi) is 8.89. The summed E-state index contributed by atoms with van der Waals surface area (Å²) in [5.74, 6) is 0.441. The molecular weight excluding hydrogens is 486 g/mol. The second-order valence-corrected chi connectivity index (χ2v) is 10.6. The summed E-state index contributed by atoms with van der Waals surface area (Å²) >= 11 is 5.98. The van der Waals surface area contributed by atoms with Crippen LogP contribution in [0.1, 0.15) is 36.5 Å². The van der Waals surface area contributed by atoms with Gasteiger partial charge in [-0.1, -0.05) is 49.7 Å². The van der Waals surface area contributed by atoms with Crippen LogP contribution < -0.4 is 14.5 Å². The Labute approximate surface area is 211 Å². The molecule has 0 aliphatic rings. The quantitative estimate of drug-likeness (QED) is 0.306. The van der Waals surface area contributed by atoms with Crippen LogP contribution in [0.5, 0.6) is 5.75 Å². The predicted octanol–water partition coefficient (Wildman–Crippen LogP) is 4.96. The SMILES string of the molecule is CC(C)c1ccc(N(CC(=O)N/N=C\c2ccc(OCc3cccc(Cl)c3)cc2)S(C)(=O)=O)cc1. The van der Waals surface area contributed by atoms with E-state index in [1.54, 1.807) is 42.5 Å². The summed E-state index contributed by atoms with van der Waals surface area (Å²) in [5.41, 5.74) is 5.58. The number of anilines is 1. The number of benzene rings is 3. The zero-order chi connectivity index (χ0) is 25.4. The molecule has 3 aromatic carbocycles. The molecule has 0 atom stereocenters. The third kappa shape index (κ3) is 8.12. The highest BCUT2D eigenvalue weighted by molar-refractivity contribution is 7.92. The molecule has 0 aliphatic heterocycles. The van der Waals surface area contributed by atoms with Crippen LogP contribution in [0.2, 0.25) is 5.02 Å². The fraction of sp³-hybridized carbons (Fsp3) is 0.231. The molecule has 0 spiro atoms. The maximum atomic E-state index is 12.4. The number of nitrogens with one attached hydrogen (secondary N) is 1. The number of ether oxygens (including phenoxy) is 1. The van der Waals surface area contributed by atoms with Gasteiger partial charge in [0, 0.05) is 5.02 Å². The number of halogens is 1. The highest BCUT2D eigenvalue weighted by Gasteiger charge is 2.20. The van der Waals surface area contributed by atoms with E-state index in [4.69, 9.17) is 16.3 Å². The zero-order valence-electron chi connectivity index (χ0n) is 19.8. The van der Waals surface area contributed by atoms with Crippen LogP contribution in [0.3, 0.4) is 0 Å². The summed E-state index contributed by atoms with van der Waals surface area (Å²) in [6, 6.07) is 21.7. The van der Waals surface area contributed by atoms with Gasteiger partial charge < -0.3 is 4.74 Å². The van der Waals surface area contributed by atoms with Crippen molar-refractivity contribution in [2.75, 3.05) is 17.1 Å². The van der Waals surface area contributed by atoms with Crippen molar-refractivity contribution in [3.05, 3.63) is 94.5 Å². The monoisotopic (exact) mass is 513 g/mol. The minimum absolute atomic E-state index is 0.317. The fourth-order valence-corrected chi connectivity index (χ4v) is 4.28. The molecule has 0 radical (unpaired) electrons. The maximum absolute atomic E-state index is 12.4. The van der Waals surface area contributed by atoms with Crippen LogP contribution in [-0.4, -0.2) is 33.3 Å². The van der Waals surface area contributed by atoms with E-state index in [-0.39, 0.29) is 6.54 Å². The Bertz CT molecular complexity index is 1270. The minimum atomic E-state index is -3.66. The number of carbonyl (C=O) groups excluding carboxylic acids is 1. The number of hydrogen-bond acceptors (Lipinski definition) is 5. The van der Waals surface area contributed by atoms with Crippen molar-refractivity contribution in [1.29, 1.82) is 0 Å². The second kappa shape index (κ2) is 11.9. The van der Waals surface area contributed by atoms with E-state index >= 15 is 0 Å². The second-order valence-electron chi connectivity index (χ2n) is 8.30. The first-order valence-corrected chi connectivity index (χ1v) is 13.2. The summed E-state index contributed by atoms with van der Waals surface area (Å²) in [6.07, 6.45) is 2.54. The fourth-order valence-electron chi connectivity index (χ4n) is 3.21. The highest BCUT2D eigenvalue weighted by atomic mass is 35.5. The first kappa shape index (κ1) is 26.2. The Morgan fingerprint density at radius 2 is 1.77 bits per heavy atom. The van der Waals surface area contributed by atoms with Crippen LogP contribution in [-0.2, 0) is 21.4 Å². The molecule has 184 valence electrons. The number of hydrazone groups is 1. The minimum Gasteiger partial charge on any atom is -0.489 e. The number of nitrogens with zero attached hydrogens (tertiary/aromatic N) is 2. The summed E-state index contributed by atoms with van der Waals surface area (Å²) in [7, 11) is -3.66. The van der Waals surface area contributed by atoms with Crippen LogP contribution in [0, 0.1) is 0 Å². The Morgan fingerprint density at radius 3 is 2.37 bits per heavy atom. The van der Waals surface area contributed by atoms with Gasteiger partial charge in [-0.3, -0.25) is 9.10 Å². The van der Waals surface area contributed by atoms with E-state index in [2.05, 4.69) is 24.4 Å². The molecule has 0 aromatic heterocycles. The predicted molar refractivity (Wildman–Crippen MR) is 141 cm³/mol. The number of rotatable bonds is 10. The van der Waals surface area contributed by atoms with Gasteiger partial charge in [-0.25, -0.2) is 13.8 Å². The largest absolute Gasteiger partial charge is 0.489 e.